The number of hydrogen-bond donors (Lipinski definition) is 1. The normalized spacial score (nSPS) is 10.8. The third kappa shape index (κ3) is 3.62. The van der Waals surface area contributed by atoms with Gasteiger partial charge in [-0.3, -0.25) is 4.68 Å². The average Bonchev–Trinajstić information content (AvgIpc) is 2.67. The van der Waals surface area contributed by atoms with Crippen LogP contribution in [0.4, 0.5) is 0 Å². The van der Waals surface area contributed by atoms with Gasteiger partial charge in [-0.05, 0) is 69.6 Å². The number of rotatable bonds is 5. The van der Waals surface area contributed by atoms with E-state index in [0.29, 0.717) is 6.61 Å². The molecule has 0 fully saturated rings. The molecule has 0 saturated carbocycles. The zero-order valence-electron chi connectivity index (χ0n) is 11.7. The van der Waals surface area contributed by atoms with Gasteiger partial charge in [-0.15, -0.1) is 0 Å². The van der Waals surface area contributed by atoms with E-state index in [9.17, 15) is 0 Å². The van der Waals surface area contributed by atoms with Crippen LogP contribution in [-0.2, 0) is 20.2 Å². The number of hydrogen-bond acceptors (Lipinski definition) is 3. The van der Waals surface area contributed by atoms with Crippen LogP contribution < -0.4 is 10.1 Å². The molecule has 0 aliphatic heterocycles. The van der Waals surface area contributed by atoms with Gasteiger partial charge in [-0.2, -0.15) is 5.10 Å². The van der Waals surface area contributed by atoms with Gasteiger partial charge >= 0.3 is 0 Å². The van der Waals surface area contributed by atoms with Gasteiger partial charge in [-0.1, -0.05) is 0 Å². The van der Waals surface area contributed by atoms with E-state index in [2.05, 4.69) is 54.4 Å². The summed E-state index contributed by atoms with van der Waals surface area (Å²) in [7, 11) is 3.85. The van der Waals surface area contributed by atoms with Gasteiger partial charge in [0.25, 0.3) is 0 Å². The van der Waals surface area contributed by atoms with E-state index in [1.165, 1.54) is 5.56 Å². The zero-order valence-corrected chi connectivity index (χ0v) is 14.9. The Balaban J connectivity index is 2.15. The zero-order chi connectivity index (χ0) is 14.7. The molecule has 0 aliphatic carbocycles. The largest absolute Gasteiger partial charge is 0.485 e. The van der Waals surface area contributed by atoms with Gasteiger partial charge in [0.15, 0.2) is 0 Å². The average molecular weight is 403 g/mol. The highest BCUT2D eigenvalue weighted by Crippen LogP contribution is 2.35. The summed E-state index contributed by atoms with van der Waals surface area (Å²) >= 11 is 7.12. The SMILES string of the molecule is CNCc1cc(Br)c(OCc2cc(C)nn2C)c(Br)c1. The lowest BCUT2D eigenvalue weighted by atomic mass is 10.2. The van der Waals surface area contributed by atoms with Crippen LogP contribution in [0.3, 0.4) is 0 Å². The molecule has 0 unspecified atom stereocenters. The summed E-state index contributed by atoms with van der Waals surface area (Å²) in [6, 6.07) is 6.15. The lowest BCUT2D eigenvalue weighted by Crippen LogP contribution is -2.06. The summed E-state index contributed by atoms with van der Waals surface area (Å²) in [5.74, 6) is 0.809. The molecule has 2 aromatic rings. The highest BCUT2D eigenvalue weighted by molar-refractivity contribution is 9.11. The third-order valence-corrected chi connectivity index (χ3v) is 4.08. The number of nitrogens with zero attached hydrogens (tertiary/aromatic N) is 2. The minimum Gasteiger partial charge on any atom is -0.485 e. The Hall–Kier alpha value is -0.850. The molecule has 2 rings (SSSR count). The van der Waals surface area contributed by atoms with Gasteiger partial charge in [-0.25, -0.2) is 0 Å². The molecule has 0 amide bonds. The molecule has 4 nitrogen and oxygen atoms in total. The van der Waals surface area contributed by atoms with Crippen LogP contribution in [0, 0.1) is 6.92 Å². The Morgan fingerprint density at radius 1 is 1.25 bits per heavy atom. The van der Waals surface area contributed by atoms with Crippen molar-refractivity contribution < 1.29 is 4.74 Å². The summed E-state index contributed by atoms with van der Waals surface area (Å²) in [5, 5.41) is 7.44. The molecule has 108 valence electrons. The van der Waals surface area contributed by atoms with Crippen molar-refractivity contribution in [2.45, 2.75) is 20.1 Å². The minimum atomic E-state index is 0.486. The summed E-state index contributed by atoms with van der Waals surface area (Å²) in [6.45, 7) is 3.28. The Morgan fingerprint density at radius 2 is 1.90 bits per heavy atom. The fraction of sp³-hybridized carbons (Fsp3) is 0.357. The van der Waals surface area contributed by atoms with Gasteiger partial charge in [0, 0.05) is 13.6 Å². The van der Waals surface area contributed by atoms with Crippen molar-refractivity contribution >= 4 is 31.9 Å². The Morgan fingerprint density at radius 3 is 2.40 bits per heavy atom. The van der Waals surface area contributed by atoms with Crippen LogP contribution in [0.2, 0.25) is 0 Å². The van der Waals surface area contributed by atoms with Crippen LogP contribution >= 0.6 is 31.9 Å². The highest BCUT2D eigenvalue weighted by atomic mass is 79.9. The van der Waals surface area contributed by atoms with Crippen LogP contribution in [0.15, 0.2) is 27.1 Å². The molecule has 1 aromatic heterocycles. The standard InChI is InChI=1S/C14H17Br2N3O/c1-9-4-11(19(3)18-9)8-20-14-12(15)5-10(7-17-2)6-13(14)16/h4-6,17H,7-8H2,1-3H3. The summed E-state index contributed by atoms with van der Waals surface area (Å²) in [5.41, 5.74) is 3.23. The van der Waals surface area contributed by atoms with Crippen molar-refractivity contribution in [3.63, 3.8) is 0 Å². The maximum absolute atomic E-state index is 5.91. The van der Waals surface area contributed by atoms with Crippen LogP contribution in [0.25, 0.3) is 0 Å². The van der Waals surface area contributed by atoms with Crippen molar-refractivity contribution in [3.05, 3.63) is 44.1 Å². The van der Waals surface area contributed by atoms with Gasteiger partial charge < -0.3 is 10.1 Å². The van der Waals surface area contributed by atoms with Gasteiger partial charge in [0.2, 0.25) is 0 Å². The molecule has 1 heterocycles. The molecule has 20 heavy (non-hydrogen) atoms. The lowest BCUT2D eigenvalue weighted by molar-refractivity contribution is 0.291. The number of aromatic nitrogens is 2. The van der Waals surface area contributed by atoms with E-state index < -0.39 is 0 Å². The van der Waals surface area contributed by atoms with Gasteiger partial charge in [0.05, 0.1) is 20.3 Å². The topological polar surface area (TPSA) is 39.1 Å². The molecule has 0 spiro atoms. The molecule has 0 atom stereocenters. The predicted octanol–water partition coefficient (Wildman–Crippen LogP) is 3.55. The molecule has 0 aliphatic rings. The number of halogens is 2. The fourth-order valence-electron chi connectivity index (χ4n) is 2.00. The summed E-state index contributed by atoms with van der Waals surface area (Å²) in [4.78, 5) is 0. The number of aryl methyl sites for hydroxylation is 2. The third-order valence-electron chi connectivity index (χ3n) is 2.90. The van der Waals surface area contributed by atoms with Crippen LogP contribution in [-0.4, -0.2) is 16.8 Å². The van der Waals surface area contributed by atoms with Crippen LogP contribution in [0.5, 0.6) is 5.75 Å². The first kappa shape index (κ1) is 15.5. The van der Waals surface area contributed by atoms with E-state index in [1.807, 2.05) is 31.8 Å². The maximum Gasteiger partial charge on any atom is 0.148 e. The lowest BCUT2D eigenvalue weighted by Gasteiger charge is -2.12. The molecule has 1 aromatic carbocycles. The van der Waals surface area contributed by atoms with Gasteiger partial charge in [0.1, 0.15) is 12.4 Å². The van der Waals surface area contributed by atoms with Crippen molar-refractivity contribution in [1.82, 2.24) is 15.1 Å². The Bertz CT molecular complexity index is 587. The first-order chi connectivity index (χ1) is 9.51. The number of benzene rings is 1. The van der Waals surface area contributed by atoms with Crippen molar-refractivity contribution in [1.29, 1.82) is 0 Å². The molecule has 6 heteroatoms. The predicted molar refractivity (Wildman–Crippen MR) is 86.9 cm³/mol. The summed E-state index contributed by atoms with van der Waals surface area (Å²) < 4.78 is 9.63. The molecule has 1 N–H and O–H groups in total. The van der Waals surface area contributed by atoms with Crippen molar-refractivity contribution in [3.8, 4) is 5.75 Å². The quantitative estimate of drug-likeness (QED) is 0.831. The van der Waals surface area contributed by atoms with Crippen molar-refractivity contribution in [2.75, 3.05) is 7.05 Å². The minimum absolute atomic E-state index is 0.486. The molecule has 0 radical (unpaired) electrons. The maximum atomic E-state index is 5.91. The second-order valence-corrected chi connectivity index (χ2v) is 6.32. The molecule has 0 bridgehead atoms. The molecular weight excluding hydrogens is 386 g/mol. The number of ether oxygens (including phenoxy) is 1. The fourth-order valence-corrected chi connectivity index (χ4v) is 3.51. The monoisotopic (exact) mass is 401 g/mol. The van der Waals surface area contributed by atoms with Crippen molar-refractivity contribution in [2.24, 2.45) is 7.05 Å². The Labute approximate surface area is 135 Å². The first-order valence-corrected chi connectivity index (χ1v) is 7.84. The van der Waals surface area contributed by atoms with E-state index in [-0.39, 0.29) is 0 Å². The van der Waals surface area contributed by atoms with E-state index in [1.54, 1.807) is 0 Å². The first-order valence-electron chi connectivity index (χ1n) is 6.26. The number of nitrogens with one attached hydrogen (secondary N) is 1. The van der Waals surface area contributed by atoms with Crippen LogP contribution in [0.1, 0.15) is 17.0 Å². The van der Waals surface area contributed by atoms with E-state index in [0.717, 1.165) is 32.6 Å². The molecule has 0 saturated heterocycles. The molecular formula is C14H17Br2N3O. The summed E-state index contributed by atoms with van der Waals surface area (Å²) in [6.07, 6.45) is 0. The highest BCUT2D eigenvalue weighted by Gasteiger charge is 2.10. The van der Waals surface area contributed by atoms with E-state index in [4.69, 9.17) is 4.74 Å². The second kappa shape index (κ2) is 6.74. The smallest absolute Gasteiger partial charge is 0.148 e. The van der Waals surface area contributed by atoms with E-state index >= 15 is 0 Å². The Kier molecular flexibility index (Phi) is 5.23. The second-order valence-electron chi connectivity index (χ2n) is 4.61.